The van der Waals surface area contributed by atoms with Crippen LogP contribution in [0.15, 0.2) is 82.9 Å². The molecule has 0 saturated heterocycles. The number of hydrazone groups is 1. The highest BCUT2D eigenvalue weighted by Crippen LogP contribution is 2.16. The number of fused-ring (bicyclic) bond motifs is 1. The fourth-order valence-corrected chi connectivity index (χ4v) is 2.79. The van der Waals surface area contributed by atoms with Crippen LogP contribution in [-0.4, -0.2) is 26.9 Å². The minimum absolute atomic E-state index is 0.0315. The Morgan fingerprint density at radius 2 is 1.80 bits per heavy atom. The average Bonchev–Trinajstić information content (AvgIpc) is 3.19. The number of nitrogens with one attached hydrogen (secondary N) is 2. The van der Waals surface area contributed by atoms with Gasteiger partial charge in [0.2, 0.25) is 0 Å². The van der Waals surface area contributed by atoms with E-state index in [1.165, 1.54) is 12.1 Å². The molecule has 0 fully saturated rings. The molecule has 0 aliphatic carbocycles. The molecule has 8 heteroatoms. The highest BCUT2D eigenvalue weighted by Gasteiger charge is 2.10. The Hall–Kier alpha value is -4.33. The summed E-state index contributed by atoms with van der Waals surface area (Å²) >= 11 is 0. The number of nitro groups is 1. The van der Waals surface area contributed by atoms with Crippen LogP contribution in [0.3, 0.4) is 0 Å². The van der Waals surface area contributed by atoms with E-state index < -0.39 is 4.92 Å². The molecule has 0 spiro atoms. The molecule has 2 N–H and O–H groups in total. The summed E-state index contributed by atoms with van der Waals surface area (Å²) in [7, 11) is 0. The Balaban J connectivity index is 1.62. The third kappa shape index (κ3) is 4.39. The van der Waals surface area contributed by atoms with Crippen molar-refractivity contribution < 1.29 is 4.92 Å². The summed E-state index contributed by atoms with van der Waals surface area (Å²) in [5, 5.41) is 15.0. The first-order valence-electron chi connectivity index (χ1n) is 9.22. The first-order chi connectivity index (χ1) is 14.6. The molecule has 1 aromatic heterocycles. The fourth-order valence-electron chi connectivity index (χ4n) is 2.79. The van der Waals surface area contributed by atoms with Crippen molar-refractivity contribution in [3.63, 3.8) is 0 Å². The average molecular weight is 398 g/mol. The maximum atomic E-state index is 10.8. The maximum absolute atomic E-state index is 10.8. The molecule has 0 aliphatic heterocycles. The van der Waals surface area contributed by atoms with Crippen LogP contribution in [0.2, 0.25) is 0 Å². The van der Waals surface area contributed by atoms with Gasteiger partial charge in [-0.3, -0.25) is 15.5 Å². The number of hydrogen-bond donors (Lipinski definition) is 2. The topological polar surface area (TPSA) is 109 Å². The Kier molecular flexibility index (Phi) is 5.29. The fraction of sp³-hybridized carbons (Fsp3) is 0.0455. The van der Waals surface area contributed by atoms with Gasteiger partial charge in [-0.1, -0.05) is 29.8 Å². The molecule has 0 saturated carbocycles. The number of aromatic amines is 1. The number of nitro benzene ring substituents is 1. The lowest BCUT2D eigenvalue weighted by atomic mass is 10.2. The van der Waals surface area contributed by atoms with Gasteiger partial charge in [-0.25, -0.2) is 9.98 Å². The van der Waals surface area contributed by atoms with Gasteiger partial charge >= 0.3 is 0 Å². The number of H-pyrrole nitrogens is 1. The molecule has 1 heterocycles. The van der Waals surface area contributed by atoms with E-state index in [-0.39, 0.29) is 5.69 Å². The van der Waals surface area contributed by atoms with Crippen molar-refractivity contribution in [1.29, 1.82) is 0 Å². The number of aromatic nitrogens is 2. The first kappa shape index (κ1) is 19.0. The Labute approximate surface area is 172 Å². The van der Waals surface area contributed by atoms with Crippen LogP contribution >= 0.6 is 0 Å². The van der Waals surface area contributed by atoms with Crippen LogP contribution in [-0.2, 0) is 0 Å². The second-order valence-electron chi connectivity index (χ2n) is 6.62. The molecule has 8 nitrogen and oxygen atoms in total. The van der Waals surface area contributed by atoms with E-state index >= 15 is 0 Å². The van der Waals surface area contributed by atoms with E-state index in [4.69, 9.17) is 0 Å². The number of amidine groups is 1. The maximum Gasteiger partial charge on any atom is 0.269 e. The molecule has 0 unspecified atom stereocenters. The van der Waals surface area contributed by atoms with Gasteiger partial charge in [0, 0.05) is 12.1 Å². The molecular formula is C22H18N6O2. The molecule has 4 aromatic rings. The Bertz CT molecular complexity index is 1210. The number of hydrogen-bond acceptors (Lipinski definition) is 5. The third-order valence-electron chi connectivity index (χ3n) is 4.38. The summed E-state index contributed by atoms with van der Waals surface area (Å²) in [6, 6.07) is 21.6. The highest BCUT2D eigenvalue weighted by atomic mass is 16.6. The van der Waals surface area contributed by atoms with E-state index in [9.17, 15) is 10.1 Å². The number of aryl methyl sites for hydroxylation is 1. The summed E-state index contributed by atoms with van der Waals surface area (Å²) in [4.78, 5) is 22.8. The quantitative estimate of drug-likeness (QED) is 0.223. The number of aliphatic imine (C=N–C) groups is 1. The van der Waals surface area contributed by atoms with Gasteiger partial charge in [0.15, 0.2) is 11.7 Å². The molecule has 0 atom stereocenters. The van der Waals surface area contributed by atoms with Crippen LogP contribution in [0.4, 0.5) is 11.4 Å². The standard InChI is InChI=1S/C22H18N6O2/c1-15-6-10-17(11-7-15)24-22(21-25-19-4-2-3-5-20(19)26-21)27-23-14-16-8-12-18(13-9-16)28(29)30/h2-14H,1H3,(H,24,27)(H,25,26)/b23-14-. The lowest BCUT2D eigenvalue weighted by Gasteiger charge is -2.03. The van der Waals surface area contributed by atoms with Crippen molar-refractivity contribution in [2.75, 3.05) is 0 Å². The van der Waals surface area contributed by atoms with Gasteiger partial charge < -0.3 is 4.98 Å². The van der Waals surface area contributed by atoms with E-state index in [0.29, 0.717) is 17.2 Å². The van der Waals surface area contributed by atoms with Crippen molar-refractivity contribution in [2.45, 2.75) is 6.92 Å². The number of rotatable bonds is 5. The van der Waals surface area contributed by atoms with Gasteiger partial charge in [-0.15, -0.1) is 0 Å². The van der Waals surface area contributed by atoms with Gasteiger partial charge in [0.05, 0.1) is 27.9 Å². The van der Waals surface area contributed by atoms with E-state index in [1.807, 2.05) is 55.5 Å². The van der Waals surface area contributed by atoms with Crippen molar-refractivity contribution in [3.05, 3.63) is 99.9 Å². The summed E-state index contributed by atoms with van der Waals surface area (Å²) in [5.74, 6) is 1.01. The molecule has 0 bridgehead atoms. The summed E-state index contributed by atoms with van der Waals surface area (Å²) in [5.41, 5.74) is 7.30. The molecule has 3 aromatic carbocycles. The number of nitrogens with zero attached hydrogens (tertiary/aromatic N) is 4. The number of non-ortho nitro benzene ring substituents is 1. The molecule has 0 aliphatic rings. The lowest BCUT2D eigenvalue weighted by molar-refractivity contribution is -0.384. The molecular weight excluding hydrogens is 380 g/mol. The lowest BCUT2D eigenvalue weighted by Crippen LogP contribution is -2.20. The Morgan fingerprint density at radius 1 is 1.07 bits per heavy atom. The van der Waals surface area contributed by atoms with E-state index in [2.05, 4.69) is 25.5 Å². The van der Waals surface area contributed by atoms with E-state index in [0.717, 1.165) is 22.3 Å². The monoisotopic (exact) mass is 398 g/mol. The zero-order valence-corrected chi connectivity index (χ0v) is 16.1. The molecule has 4 rings (SSSR count). The van der Waals surface area contributed by atoms with Gasteiger partial charge in [0.1, 0.15) is 0 Å². The Morgan fingerprint density at radius 3 is 2.50 bits per heavy atom. The normalized spacial score (nSPS) is 11.8. The predicted octanol–water partition coefficient (Wildman–Crippen LogP) is 4.48. The number of benzene rings is 3. The van der Waals surface area contributed by atoms with E-state index in [1.54, 1.807) is 18.3 Å². The first-order valence-corrected chi connectivity index (χ1v) is 9.22. The number of imidazole rings is 1. The predicted molar refractivity (Wildman–Crippen MR) is 117 cm³/mol. The zero-order chi connectivity index (χ0) is 20.9. The largest absolute Gasteiger partial charge is 0.335 e. The van der Waals surface area contributed by atoms with Gasteiger partial charge in [-0.05, 0) is 48.9 Å². The van der Waals surface area contributed by atoms with Gasteiger partial charge in [0.25, 0.3) is 5.69 Å². The second kappa shape index (κ2) is 8.36. The summed E-state index contributed by atoms with van der Waals surface area (Å²) < 4.78 is 0. The minimum atomic E-state index is -0.437. The van der Waals surface area contributed by atoms with Crippen LogP contribution in [0.25, 0.3) is 11.0 Å². The van der Waals surface area contributed by atoms with Crippen molar-refractivity contribution in [1.82, 2.24) is 15.4 Å². The van der Waals surface area contributed by atoms with Crippen LogP contribution in [0.1, 0.15) is 17.0 Å². The van der Waals surface area contributed by atoms with Crippen LogP contribution in [0, 0.1) is 17.0 Å². The van der Waals surface area contributed by atoms with Gasteiger partial charge in [-0.2, -0.15) is 5.10 Å². The second-order valence-corrected chi connectivity index (χ2v) is 6.62. The molecule has 148 valence electrons. The molecule has 30 heavy (non-hydrogen) atoms. The van der Waals surface area contributed by atoms with Crippen molar-refractivity contribution >= 4 is 34.5 Å². The smallest absolute Gasteiger partial charge is 0.269 e. The molecule has 0 radical (unpaired) electrons. The SMILES string of the molecule is Cc1ccc(N=C(N/N=C\c2ccc([N+](=O)[O-])cc2)c2nc3ccccc3[nH]2)cc1. The van der Waals surface area contributed by atoms with Crippen molar-refractivity contribution in [2.24, 2.45) is 10.1 Å². The summed E-state index contributed by atoms with van der Waals surface area (Å²) in [6.45, 7) is 2.01. The van der Waals surface area contributed by atoms with Crippen molar-refractivity contribution in [3.8, 4) is 0 Å². The third-order valence-corrected chi connectivity index (χ3v) is 4.38. The van der Waals surface area contributed by atoms with Crippen LogP contribution < -0.4 is 5.43 Å². The minimum Gasteiger partial charge on any atom is -0.335 e. The highest BCUT2D eigenvalue weighted by molar-refractivity contribution is 6.00. The van der Waals surface area contributed by atoms with Crippen LogP contribution in [0.5, 0.6) is 0 Å². The molecule has 0 amide bonds. The number of para-hydroxylation sites is 2. The zero-order valence-electron chi connectivity index (χ0n) is 16.1. The summed E-state index contributed by atoms with van der Waals surface area (Å²) in [6.07, 6.45) is 1.57.